The van der Waals surface area contributed by atoms with E-state index in [0.717, 1.165) is 47.2 Å². The van der Waals surface area contributed by atoms with Gasteiger partial charge in [0.25, 0.3) is 5.91 Å². The largest absolute Gasteiger partial charge is 0.348 e. The van der Waals surface area contributed by atoms with Crippen LogP contribution in [0.4, 0.5) is 5.69 Å². The fourth-order valence-corrected chi connectivity index (χ4v) is 3.68. The fraction of sp³-hybridized carbons (Fsp3) is 0.231. The van der Waals surface area contributed by atoms with Gasteiger partial charge < -0.3 is 16.4 Å². The molecular formula is C26H27N3O2. The van der Waals surface area contributed by atoms with E-state index in [1.54, 1.807) is 6.07 Å². The highest BCUT2D eigenvalue weighted by atomic mass is 16.2. The molecule has 0 saturated heterocycles. The SMILES string of the molecule is NCc1cccc(-c2cccc(C(=O)NCc3cccc(NC(=O)C4CCC4)c3)c2)c1. The molecule has 5 nitrogen and oxygen atoms in total. The Morgan fingerprint density at radius 3 is 2.32 bits per heavy atom. The summed E-state index contributed by atoms with van der Waals surface area (Å²) in [5, 5.41) is 5.95. The molecule has 0 bridgehead atoms. The number of hydrogen-bond donors (Lipinski definition) is 3. The number of carbonyl (C=O) groups excluding carboxylic acids is 2. The predicted octanol–water partition coefficient (Wildman–Crippen LogP) is 4.48. The summed E-state index contributed by atoms with van der Waals surface area (Å²) in [6.45, 7) is 0.868. The molecule has 0 spiro atoms. The maximum Gasteiger partial charge on any atom is 0.251 e. The molecule has 1 aliphatic rings. The van der Waals surface area contributed by atoms with Crippen molar-refractivity contribution in [2.24, 2.45) is 11.7 Å². The fourth-order valence-electron chi connectivity index (χ4n) is 3.68. The first-order valence-corrected chi connectivity index (χ1v) is 10.7. The first kappa shape index (κ1) is 20.8. The number of anilines is 1. The molecule has 3 aromatic carbocycles. The van der Waals surface area contributed by atoms with Gasteiger partial charge in [0.2, 0.25) is 5.91 Å². The van der Waals surface area contributed by atoms with E-state index in [2.05, 4.69) is 10.6 Å². The van der Waals surface area contributed by atoms with E-state index in [1.807, 2.05) is 66.7 Å². The summed E-state index contributed by atoms with van der Waals surface area (Å²) in [7, 11) is 0. The molecule has 4 N–H and O–H groups in total. The van der Waals surface area contributed by atoms with Crippen molar-refractivity contribution in [1.82, 2.24) is 5.32 Å². The molecule has 0 unspecified atom stereocenters. The average Bonchev–Trinajstić information content (AvgIpc) is 2.76. The van der Waals surface area contributed by atoms with E-state index < -0.39 is 0 Å². The van der Waals surface area contributed by atoms with E-state index >= 15 is 0 Å². The van der Waals surface area contributed by atoms with Crippen LogP contribution in [0.5, 0.6) is 0 Å². The molecule has 0 aliphatic heterocycles. The van der Waals surface area contributed by atoms with Crippen LogP contribution in [0.25, 0.3) is 11.1 Å². The lowest BCUT2D eigenvalue weighted by molar-refractivity contribution is -0.122. The zero-order valence-corrected chi connectivity index (χ0v) is 17.4. The van der Waals surface area contributed by atoms with Gasteiger partial charge in [-0.1, -0.05) is 48.9 Å². The third-order valence-corrected chi connectivity index (χ3v) is 5.74. The molecule has 2 amide bonds. The Labute approximate surface area is 182 Å². The number of nitrogens with one attached hydrogen (secondary N) is 2. The minimum Gasteiger partial charge on any atom is -0.348 e. The molecule has 1 aliphatic carbocycles. The predicted molar refractivity (Wildman–Crippen MR) is 123 cm³/mol. The van der Waals surface area contributed by atoms with Gasteiger partial charge in [-0.25, -0.2) is 0 Å². The van der Waals surface area contributed by atoms with Gasteiger partial charge in [-0.2, -0.15) is 0 Å². The number of nitrogens with two attached hydrogens (primary N) is 1. The minimum absolute atomic E-state index is 0.0861. The molecule has 0 heterocycles. The van der Waals surface area contributed by atoms with Crippen LogP contribution in [0.1, 0.15) is 40.7 Å². The standard InChI is InChI=1S/C26H27N3O2/c27-16-18-5-1-9-21(13-18)22-10-4-11-23(15-22)25(30)28-17-19-6-2-12-24(14-19)29-26(31)20-7-3-8-20/h1-2,4-6,9-15,20H,3,7-8,16-17,27H2,(H,28,30)(H,29,31). The van der Waals surface area contributed by atoms with Crippen LogP contribution in [0.15, 0.2) is 72.8 Å². The molecule has 1 fully saturated rings. The number of rotatable bonds is 7. The average molecular weight is 414 g/mol. The van der Waals surface area contributed by atoms with Crippen molar-refractivity contribution in [1.29, 1.82) is 0 Å². The Bertz CT molecular complexity index is 1090. The van der Waals surface area contributed by atoms with Gasteiger partial charge in [0, 0.05) is 30.3 Å². The van der Waals surface area contributed by atoms with Crippen molar-refractivity contribution in [3.8, 4) is 11.1 Å². The van der Waals surface area contributed by atoms with E-state index in [4.69, 9.17) is 5.73 Å². The zero-order valence-electron chi connectivity index (χ0n) is 17.4. The van der Waals surface area contributed by atoms with Crippen molar-refractivity contribution in [3.05, 3.63) is 89.5 Å². The molecule has 3 aromatic rings. The normalized spacial score (nSPS) is 13.3. The molecule has 158 valence electrons. The lowest BCUT2D eigenvalue weighted by Crippen LogP contribution is -2.28. The second kappa shape index (κ2) is 9.58. The van der Waals surface area contributed by atoms with Crippen LogP contribution < -0.4 is 16.4 Å². The highest BCUT2D eigenvalue weighted by molar-refractivity contribution is 5.95. The number of benzene rings is 3. The molecule has 0 atom stereocenters. The number of amides is 2. The van der Waals surface area contributed by atoms with E-state index in [1.165, 1.54) is 0 Å². The number of hydrogen-bond acceptors (Lipinski definition) is 3. The molecule has 0 radical (unpaired) electrons. The second-order valence-electron chi connectivity index (χ2n) is 7.99. The lowest BCUT2D eigenvalue weighted by Gasteiger charge is -2.24. The third-order valence-electron chi connectivity index (χ3n) is 5.74. The third kappa shape index (κ3) is 5.19. The van der Waals surface area contributed by atoms with Crippen LogP contribution in [-0.2, 0) is 17.9 Å². The quantitative estimate of drug-likeness (QED) is 0.534. The van der Waals surface area contributed by atoms with Crippen LogP contribution in [0.2, 0.25) is 0 Å². The van der Waals surface area contributed by atoms with Crippen molar-refractivity contribution < 1.29 is 9.59 Å². The minimum atomic E-state index is -0.138. The van der Waals surface area contributed by atoms with E-state index in [-0.39, 0.29) is 17.7 Å². The van der Waals surface area contributed by atoms with Gasteiger partial charge in [0.1, 0.15) is 0 Å². The van der Waals surface area contributed by atoms with Crippen molar-refractivity contribution in [2.45, 2.75) is 32.4 Å². The molecule has 0 aromatic heterocycles. The Morgan fingerprint density at radius 1 is 0.871 bits per heavy atom. The van der Waals surface area contributed by atoms with Crippen LogP contribution >= 0.6 is 0 Å². The number of carbonyl (C=O) groups is 2. The summed E-state index contributed by atoms with van der Waals surface area (Å²) in [6.07, 6.45) is 3.07. The summed E-state index contributed by atoms with van der Waals surface area (Å²) >= 11 is 0. The van der Waals surface area contributed by atoms with E-state index in [0.29, 0.717) is 18.7 Å². The van der Waals surface area contributed by atoms with Gasteiger partial charge in [0.15, 0.2) is 0 Å². The Balaban J connectivity index is 1.40. The highest BCUT2D eigenvalue weighted by Crippen LogP contribution is 2.27. The highest BCUT2D eigenvalue weighted by Gasteiger charge is 2.25. The topological polar surface area (TPSA) is 84.2 Å². The summed E-state index contributed by atoms with van der Waals surface area (Å²) in [4.78, 5) is 24.9. The molecule has 5 heteroatoms. The van der Waals surface area contributed by atoms with Crippen molar-refractivity contribution >= 4 is 17.5 Å². The Morgan fingerprint density at radius 2 is 1.58 bits per heavy atom. The van der Waals surface area contributed by atoms with Gasteiger partial charge in [-0.3, -0.25) is 9.59 Å². The summed E-state index contributed by atoms with van der Waals surface area (Å²) in [5.41, 5.74) is 11.1. The monoisotopic (exact) mass is 413 g/mol. The molecular weight excluding hydrogens is 386 g/mol. The molecule has 1 saturated carbocycles. The maximum absolute atomic E-state index is 12.7. The van der Waals surface area contributed by atoms with Crippen molar-refractivity contribution in [2.75, 3.05) is 5.32 Å². The molecule has 4 rings (SSSR count). The Kier molecular flexibility index (Phi) is 6.43. The summed E-state index contributed by atoms with van der Waals surface area (Å²) in [6, 6.07) is 23.2. The van der Waals surface area contributed by atoms with Crippen LogP contribution in [0, 0.1) is 5.92 Å². The summed E-state index contributed by atoms with van der Waals surface area (Å²) in [5.74, 6) is 0.0878. The van der Waals surface area contributed by atoms with Crippen LogP contribution in [0.3, 0.4) is 0 Å². The smallest absolute Gasteiger partial charge is 0.251 e. The zero-order chi connectivity index (χ0) is 21.6. The first-order chi connectivity index (χ1) is 15.1. The van der Waals surface area contributed by atoms with Gasteiger partial charge in [-0.05, 0) is 65.4 Å². The Hall–Kier alpha value is -3.44. The van der Waals surface area contributed by atoms with Gasteiger partial charge >= 0.3 is 0 Å². The lowest BCUT2D eigenvalue weighted by atomic mass is 9.85. The van der Waals surface area contributed by atoms with Crippen molar-refractivity contribution in [3.63, 3.8) is 0 Å². The van der Waals surface area contributed by atoms with Crippen LogP contribution in [-0.4, -0.2) is 11.8 Å². The van der Waals surface area contributed by atoms with Gasteiger partial charge in [0.05, 0.1) is 0 Å². The van der Waals surface area contributed by atoms with Gasteiger partial charge in [-0.15, -0.1) is 0 Å². The second-order valence-corrected chi connectivity index (χ2v) is 7.99. The molecule has 31 heavy (non-hydrogen) atoms. The first-order valence-electron chi connectivity index (χ1n) is 10.7. The van der Waals surface area contributed by atoms with E-state index in [9.17, 15) is 9.59 Å². The summed E-state index contributed by atoms with van der Waals surface area (Å²) < 4.78 is 0. The maximum atomic E-state index is 12.7.